The average molecular weight is 252 g/mol. The number of aryl methyl sites for hydroxylation is 2. The van der Waals surface area contributed by atoms with Gasteiger partial charge < -0.3 is 20.9 Å². The number of carboxylic acid groups (broad SMARTS) is 1. The van der Waals surface area contributed by atoms with Gasteiger partial charge in [-0.1, -0.05) is 17.7 Å². The molecule has 0 fully saturated rings. The molecule has 5 heteroatoms. The summed E-state index contributed by atoms with van der Waals surface area (Å²) in [5.74, 6) is -0.333. The maximum absolute atomic E-state index is 11.1. The van der Waals surface area contributed by atoms with Crippen LogP contribution in [0.25, 0.3) is 0 Å². The summed E-state index contributed by atoms with van der Waals surface area (Å²) in [5, 5.41) is 11.8. The van der Waals surface area contributed by atoms with Crippen LogP contribution in [0.15, 0.2) is 12.1 Å². The molecule has 0 heterocycles. The SMILES string of the molecule is CNC(C(=O)O)C(N)c1cc(C)cc(C)c1OC. The highest BCUT2D eigenvalue weighted by molar-refractivity contribution is 5.75. The van der Waals surface area contributed by atoms with Gasteiger partial charge in [-0.15, -0.1) is 0 Å². The van der Waals surface area contributed by atoms with Crippen molar-refractivity contribution in [1.82, 2.24) is 5.32 Å². The number of nitrogens with one attached hydrogen (secondary N) is 1. The second-order valence-corrected chi connectivity index (χ2v) is 4.33. The van der Waals surface area contributed by atoms with E-state index in [2.05, 4.69) is 5.32 Å². The van der Waals surface area contributed by atoms with Gasteiger partial charge in [0.2, 0.25) is 0 Å². The van der Waals surface area contributed by atoms with Crippen molar-refractivity contribution in [2.45, 2.75) is 25.9 Å². The lowest BCUT2D eigenvalue weighted by Gasteiger charge is -2.23. The predicted octanol–water partition coefficient (Wildman–Crippen LogP) is 0.984. The predicted molar refractivity (Wildman–Crippen MR) is 69.9 cm³/mol. The number of carbonyl (C=O) groups is 1. The van der Waals surface area contributed by atoms with Gasteiger partial charge in [-0.2, -0.15) is 0 Å². The van der Waals surface area contributed by atoms with Crippen molar-refractivity contribution in [3.8, 4) is 5.75 Å². The smallest absolute Gasteiger partial charge is 0.322 e. The van der Waals surface area contributed by atoms with Gasteiger partial charge in [0.1, 0.15) is 11.8 Å². The maximum atomic E-state index is 11.1. The average Bonchev–Trinajstić information content (AvgIpc) is 2.28. The van der Waals surface area contributed by atoms with Crippen LogP contribution in [-0.4, -0.2) is 31.3 Å². The third-order valence-corrected chi connectivity index (χ3v) is 2.95. The lowest BCUT2D eigenvalue weighted by molar-refractivity contribution is -0.139. The van der Waals surface area contributed by atoms with Crippen LogP contribution in [-0.2, 0) is 4.79 Å². The minimum absolute atomic E-state index is 0.648. The van der Waals surface area contributed by atoms with Crippen LogP contribution in [0.2, 0.25) is 0 Å². The topological polar surface area (TPSA) is 84.6 Å². The molecule has 0 aliphatic rings. The number of methoxy groups -OCH3 is 1. The third-order valence-electron chi connectivity index (χ3n) is 2.95. The second-order valence-electron chi connectivity index (χ2n) is 4.33. The summed E-state index contributed by atoms with van der Waals surface area (Å²) in [6.45, 7) is 3.86. The Hall–Kier alpha value is -1.59. The fraction of sp³-hybridized carbons (Fsp3) is 0.462. The van der Waals surface area contributed by atoms with Crippen molar-refractivity contribution in [2.24, 2.45) is 5.73 Å². The Morgan fingerprint density at radius 3 is 2.50 bits per heavy atom. The largest absolute Gasteiger partial charge is 0.496 e. The maximum Gasteiger partial charge on any atom is 0.322 e. The number of likely N-dealkylation sites (N-methyl/N-ethyl adjacent to an activating group) is 1. The van der Waals surface area contributed by atoms with Crippen molar-refractivity contribution in [3.63, 3.8) is 0 Å². The summed E-state index contributed by atoms with van der Waals surface area (Å²) in [7, 11) is 3.14. The molecule has 2 unspecified atom stereocenters. The number of rotatable bonds is 5. The Morgan fingerprint density at radius 1 is 1.44 bits per heavy atom. The number of ether oxygens (including phenoxy) is 1. The van der Waals surface area contributed by atoms with E-state index in [0.717, 1.165) is 11.1 Å². The highest BCUT2D eigenvalue weighted by Gasteiger charge is 2.27. The Labute approximate surface area is 107 Å². The molecule has 0 aliphatic carbocycles. The number of hydrogen-bond acceptors (Lipinski definition) is 4. The van der Waals surface area contributed by atoms with E-state index in [9.17, 15) is 4.79 Å². The summed E-state index contributed by atoms with van der Waals surface area (Å²) in [5.41, 5.74) is 8.72. The van der Waals surface area contributed by atoms with E-state index in [1.807, 2.05) is 26.0 Å². The second kappa shape index (κ2) is 5.84. The molecule has 1 rings (SSSR count). The van der Waals surface area contributed by atoms with E-state index in [1.165, 1.54) is 0 Å². The molecule has 4 N–H and O–H groups in total. The molecule has 0 bridgehead atoms. The number of benzene rings is 1. The summed E-state index contributed by atoms with van der Waals surface area (Å²) in [4.78, 5) is 11.1. The normalized spacial score (nSPS) is 14.1. The summed E-state index contributed by atoms with van der Waals surface area (Å²) in [6.07, 6.45) is 0. The highest BCUT2D eigenvalue weighted by Crippen LogP contribution is 2.30. The number of nitrogens with two attached hydrogens (primary N) is 1. The van der Waals surface area contributed by atoms with E-state index in [0.29, 0.717) is 11.3 Å². The first-order chi connectivity index (χ1) is 8.42. The van der Waals surface area contributed by atoms with Crippen molar-refractivity contribution in [1.29, 1.82) is 0 Å². The van der Waals surface area contributed by atoms with Gasteiger partial charge in [0.25, 0.3) is 0 Å². The van der Waals surface area contributed by atoms with Crippen molar-refractivity contribution in [3.05, 3.63) is 28.8 Å². The zero-order valence-electron chi connectivity index (χ0n) is 11.2. The lowest BCUT2D eigenvalue weighted by atomic mass is 9.95. The first kappa shape index (κ1) is 14.5. The zero-order chi connectivity index (χ0) is 13.9. The Morgan fingerprint density at radius 2 is 2.06 bits per heavy atom. The molecule has 0 saturated heterocycles. The molecule has 1 aromatic rings. The van der Waals surface area contributed by atoms with Gasteiger partial charge in [0, 0.05) is 5.56 Å². The van der Waals surface area contributed by atoms with Crippen LogP contribution in [0.1, 0.15) is 22.7 Å². The minimum atomic E-state index is -0.980. The fourth-order valence-electron chi connectivity index (χ4n) is 2.15. The van der Waals surface area contributed by atoms with Crippen molar-refractivity contribution in [2.75, 3.05) is 14.2 Å². The molecule has 5 nitrogen and oxygen atoms in total. The number of hydrogen-bond donors (Lipinski definition) is 3. The van der Waals surface area contributed by atoms with E-state index in [-0.39, 0.29) is 0 Å². The first-order valence-electron chi connectivity index (χ1n) is 5.73. The monoisotopic (exact) mass is 252 g/mol. The van der Waals surface area contributed by atoms with Gasteiger partial charge >= 0.3 is 5.97 Å². The highest BCUT2D eigenvalue weighted by atomic mass is 16.5. The van der Waals surface area contributed by atoms with E-state index >= 15 is 0 Å². The van der Waals surface area contributed by atoms with Crippen LogP contribution < -0.4 is 15.8 Å². The molecule has 100 valence electrons. The standard InChI is InChI=1S/C13H20N2O3/c1-7-5-8(2)12(18-4)9(6-7)10(14)11(15-3)13(16)17/h5-6,10-11,15H,14H2,1-4H3,(H,16,17). The molecule has 0 aliphatic heterocycles. The fourth-order valence-corrected chi connectivity index (χ4v) is 2.15. The Kier molecular flexibility index (Phi) is 4.69. The van der Waals surface area contributed by atoms with Crippen LogP contribution in [0.4, 0.5) is 0 Å². The third kappa shape index (κ3) is 2.80. The summed E-state index contributed by atoms with van der Waals surface area (Å²) in [6, 6.07) is 2.33. The van der Waals surface area contributed by atoms with E-state index in [1.54, 1.807) is 14.2 Å². The molecular weight excluding hydrogens is 232 g/mol. The Balaban J connectivity index is 3.26. The molecule has 0 amide bonds. The zero-order valence-corrected chi connectivity index (χ0v) is 11.2. The molecular formula is C13H20N2O3. The van der Waals surface area contributed by atoms with Gasteiger partial charge in [-0.3, -0.25) is 4.79 Å². The summed E-state index contributed by atoms with van der Waals surface area (Å²) < 4.78 is 5.33. The first-order valence-corrected chi connectivity index (χ1v) is 5.73. The summed E-state index contributed by atoms with van der Waals surface area (Å²) >= 11 is 0. The molecule has 0 spiro atoms. The van der Waals surface area contributed by atoms with Crippen molar-refractivity contribution < 1.29 is 14.6 Å². The van der Waals surface area contributed by atoms with Crippen LogP contribution in [0.3, 0.4) is 0 Å². The Bertz CT molecular complexity index is 446. The van der Waals surface area contributed by atoms with Gasteiger partial charge in [0.15, 0.2) is 0 Å². The van der Waals surface area contributed by atoms with E-state index in [4.69, 9.17) is 15.6 Å². The molecule has 2 atom stereocenters. The molecule has 0 aromatic heterocycles. The van der Waals surface area contributed by atoms with Crippen LogP contribution in [0.5, 0.6) is 5.75 Å². The molecule has 1 aromatic carbocycles. The minimum Gasteiger partial charge on any atom is -0.496 e. The molecule has 18 heavy (non-hydrogen) atoms. The van der Waals surface area contributed by atoms with Gasteiger partial charge in [0.05, 0.1) is 13.2 Å². The van der Waals surface area contributed by atoms with E-state index < -0.39 is 18.1 Å². The van der Waals surface area contributed by atoms with Gasteiger partial charge in [-0.05, 0) is 26.5 Å². The van der Waals surface area contributed by atoms with Crippen LogP contribution in [0, 0.1) is 13.8 Å². The molecule has 0 saturated carbocycles. The van der Waals surface area contributed by atoms with Gasteiger partial charge in [-0.25, -0.2) is 0 Å². The quantitative estimate of drug-likeness (QED) is 0.727. The molecule has 0 radical (unpaired) electrons. The van der Waals surface area contributed by atoms with Crippen LogP contribution >= 0.6 is 0 Å². The number of aliphatic carboxylic acids is 1. The lowest BCUT2D eigenvalue weighted by Crippen LogP contribution is -2.43. The number of carboxylic acids is 1. The van der Waals surface area contributed by atoms with Crippen molar-refractivity contribution >= 4 is 5.97 Å².